The quantitative estimate of drug-likeness (QED) is 0.783. The van der Waals surface area contributed by atoms with Crippen LogP contribution in [0, 0.1) is 5.92 Å². The van der Waals surface area contributed by atoms with Gasteiger partial charge < -0.3 is 10.6 Å². The van der Waals surface area contributed by atoms with E-state index in [0.717, 1.165) is 28.6 Å². The molecular formula is C23H27N3O2S. The summed E-state index contributed by atoms with van der Waals surface area (Å²) in [6, 6.07) is 16.4. The van der Waals surface area contributed by atoms with E-state index in [1.54, 1.807) is 11.8 Å². The number of hydrogen-bond donors (Lipinski definition) is 2. The molecule has 3 heterocycles. The highest BCUT2D eigenvalue weighted by atomic mass is 32.2. The molecular weight excluding hydrogens is 382 g/mol. The Balaban J connectivity index is 1.37. The summed E-state index contributed by atoms with van der Waals surface area (Å²) in [7, 11) is 0. The van der Waals surface area contributed by atoms with Gasteiger partial charge in [0.2, 0.25) is 5.91 Å². The molecule has 2 aromatic carbocycles. The molecule has 2 bridgehead atoms. The predicted octanol–water partition coefficient (Wildman–Crippen LogP) is 4.01. The lowest BCUT2D eigenvalue weighted by Gasteiger charge is -2.48. The lowest BCUT2D eigenvalue weighted by atomic mass is 9.80. The number of fused-ring (bicyclic) bond motifs is 3. The fourth-order valence-electron chi connectivity index (χ4n) is 4.36. The molecule has 4 unspecified atom stereocenters. The zero-order valence-electron chi connectivity index (χ0n) is 16.9. The van der Waals surface area contributed by atoms with Crippen molar-refractivity contribution in [2.24, 2.45) is 5.92 Å². The summed E-state index contributed by atoms with van der Waals surface area (Å²) in [5.74, 6) is 0.533. The summed E-state index contributed by atoms with van der Waals surface area (Å²) in [4.78, 5) is 28.5. The van der Waals surface area contributed by atoms with Crippen molar-refractivity contribution in [3.05, 3.63) is 54.1 Å². The van der Waals surface area contributed by atoms with Crippen LogP contribution >= 0.6 is 11.8 Å². The van der Waals surface area contributed by atoms with Crippen LogP contribution in [0.25, 0.3) is 0 Å². The number of hydrogen-bond acceptors (Lipinski definition) is 4. The highest BCUT2D eigenvalue weighted by Gasteiger charge is 2.38. The van der Waals surface area contributed by atoms with Gasteiger partial charge in [0.15, 0.2) is 0 Å². The Kier molecular flexibility index (Phi) is 5.92. The second kappa shape index (κ2) is 8.59. The molecule has 3 aliphatic rings. The Hall–Kier alpha value is -2.31. The molecule has 3 saturated heterocycles. The van der Waals surface area contributed by atoms with Crippen LogP contribution < -0.4 is 10.6 Å². The lowest BCUT2D eigenvalue weighted by molar-refractivity contribution is -0.114. The van der Waals surface area contributed by atoms with Crippen LogP contribution in [0.1, 0.15) is 37.0 Å². The largest absolute Gasteiger partial charge is 0.348 e. The SMILES string of the molecule is CC(=O)Nc1cccc(Sc2ccc(C(=O)NC3CN4CCC3CC4C)cc2)c1. The Morgan fingerprint density at radius 1 is 1.10 bits per heavy atom. The van der Waals surface area contributed by atoms with Gasteiger partial charge in [-0.3, -0.25) is 14.5 Å². The van der Waals surface area contributed by atoms with Crippen LogP contribution in [0.15, 0.2) is 58.3 Å². The molecule has 6 heteroatoms. The van der Waals surface area contributed by atoms with Crippen molar-refractivity contribution in [1.82, 2.24) is 10.2 Å². The van der Waals surface area contributed by atoms with Crippen LogP contribution in [-0.4, -0.2) is 41.9 Å². The molecule has 3 aliphatic heterocycles. The third-order valence-corrected chi connectivity index (χ3v) is 6.88. The minimum Gasteiger partial charge on any atom is -0.348 e. The van der Waals surface area contributed by atoms with E-state index < -0.39 is 0 Å². The molecule has 2 N–H and O–H groups in total. The first-order valence-corrected chi connectivity index (χ1v) is 11.0. The molecule has 0 radical (unpaired) electrons. The maximum atomic E-state index is 12.7. The molecule has 5 rings (SSSR count). The standard InChI is InChI=1S/C23H27N3O2S/c1-15-12-18-10-11-26(15)14-22(18)25-23(28)17-6-8-20(9-7-17)29-21-5-3-4-19(13-21)24-16(2)27/h3-9,13,15,18,22H,10-12,14H2,1-2H3,(H,24,27)(H,25,28). The van der Waals surface area contributed by atoms with Gasteiger partial charge in [-0.25, -0.2) is 0 Å². The molecule has 0 saturated carbocycles. The van der Waals surface area contributed by atoms with Crippen LogP contribution in [0.2, 0.25) is 0 Å². The van der Waals surface area contributed by atoms with Crippen molar-refractivity contribution >= 4 is 29.3 Å². The van der Waals surface area contributed by atoms with E-state index in [4.69, 9.17) is 0 Å². The molecule has 3 fully saturated rings. The average molecular weight is 410 g/mol. The highest BCUT2D eigenvalue weighted by Crippen LogP contribution is 2.32. The molecule has 0 aromatic heterocycles. The monoisotopic (exact) mass is 409 g/mol. The van der Waals surface area contributed by atoms with Crippen LogP contribution in [0.3, 0.4) is 0 Å². The van der Waals surface area contributed by atoms with E-state index in [1.807, 2.05) is 48.5 Å². The van der Waals surface area contributed by atoms with Gasteiger partial charge in [0, 0.05) is 46.6 Å². The third kappa shape index (κ3) is 4.82. The van der Waals surface area contributed by atoms with Crippen molar-refractivity contribution in [1.29, 1.82) is 0 Å². The van der Waals surface area contributed by atoms with Gasteiger partial charge in [-0.2, -0.15) is 0 Å². The Morgan fingerprint density at radius 3 is 2.55 bits per heavy atom. The summed E-state index contributed by atoms with van der Waals surface area (Å²) in [6.45, 7) is 5.91. The molecule has 5 nitrogen and oxygen atoms in total. The van der Waals surface area contributed by atoms with Crippen molar-refractivity contribution in [3.63, 3.8) is 0 Å². The summed E-state index contributed by atoms with van der Waals surface area (Å²) >= 11 is 1.61. The average Bonchev–Trinajstić information content (AvgIpc) is 2.69. The van der Waals surface area contributed by atoms with Crippen LogP contribution in [-0.2, 0) is 4.79 Å². The molecule has 2 aromatic rings. The molecule has 29 heavy (non-hydrogen) atoms. The lowest BCUT2D eigenvalue weighted by Crippen LogP contribution is -2.60. The minimum atomic E-state index is -0.0834. The van der Waals surface area contributed by atoms with E-state index in [1.165, 1.54) is 19.8 Å². The third-order valence-electron chi connectivity index (χ3n) is 5.88. The van der Waals surface area contributed by atoms with Gasteiger partial charge >= 0.3 is 0 Å². The first kappa shape index (κ1) is 20.0. The number of amides is 2. The summed E-state index contributed by atoms with van der Waals surface area (Å²) in [6.07, 6.45) is 2.36. The van der Waals surface area contributed by atoms with Gasteiger partial charge in [0.05, 0.1) is 0 Å². The number of anilines is 1. The number of nitrogens with one attached hydrogen (secondary N) is 2. The highest BCUT2D eigenvalue weighted by molar-refractivity contribution is 7.99. The summed E-state index contributed by atoms with van der Waals surface area (Å²) in [5, 5.41) is 6.05. The molecule has 152 valence electrons. The second-order valence-corrected chi connectivity index (χ2v) is 9.19. The van der Waals surface area contributed by atoms with Crippen molar-refractivity contribution < 1.29 is 9.59 Å². The first-order valence-electron chi connectivity index (χ1n) is 10.2. The van der Waals surface area contributed by atoms with Crippen molar-refractivity contribution in [2.75, 3.05) is 18.4 Å². The molecule has 2 amide bonds. The summed E-state index contributed by atoms with van der Waals surface area (Å²) < 4.78 is 0. The van der Waals surface area contributed by atoms with E-state index >= 15 is 0 Å². The number of rotatable bonds is 5. The van der Waals surface area contributed by atoms with Crippen molar-refractivity contribution in [2.45, 2.75) is 48.6 Å². The molecule has 4 atom stereocenters. The normalized spacial score (nSPS) is 25.4. The molecule has 0 aliphatic carbocycles. The van der Waals surface area contributed by atoms with E-state index in [0.29, 0.717) is 17.5 Å². The van der Waals surface area contributed by atoms with E-state index in [-0.39, 0.29) is 17.9 Å². The Labute approximate surface area is 176 Å². The number of carbonyl (C=O) groups is 2. The fraction of sp³-hybridized carbons (Fsp3) is 0.391. The summed E-state index contributed by atoms with van der Waals surface area (Å²) in [5.41, 5.74) is 1.48. The van der Waals surface area contributed by atoms with Gasteiger partial charge in [0.1, 0.15) is 0 Å². The van der Waals surface area contributed by atoms with Gasteiger partial charge in [-0.15, -0.1) is 0 Å². The number of nitrogens with zero attached hydrogens (tertiary/aromatic N) is 1. The van der Waals surface area contributed by atoms with Crippen molar-refractivity contribution in [3.8, 4) is 0 Å². The number of benzene rings is 2. The Bertz CT molecular complexity index is 899. The van der Waals surface area contributed by atoms with Gasteiger partial charge in [0.25, 0.3) is 5.91 Å². The van der Waals surface area contributed by atoms with Gasteiger partial charge in [-0.05, 0) is 74.7 Å². The second-order valence-electron chi connectivity index (χ2n) is 8.04. The smallest absolute Gasteiger partial charge is 0.251 e. The number of piperidine rings is 3. The van der Waals surface area contributed by atoms with Crippen LogP contribution in [0.4, 0.5) is 5.69 Å². The number of carbonyl (C=O) groups excluding carboxylic acids is 2. The maximum Gasteiger partial charge on any atom is 0.251 e. The van der Waals surface area contributed by atoms with E-state index in [9.17, 15) is 9.59 Å². The van der Waals surface area contributed by atoms with E-state index in [2.05, 4.69) is 22.5 Å². The predicted molar refractivity (Wildman–Crippen MR) is 116 cm³/mol. The molecule has 0 spiro atoms. The first-order chi connectivity index (χ1) is 14.0. The van der Waals surface area contributed by atoms with Crippen LogP contribution in [0.5, 0.6) is 0 Å². The topological polar surface area (TPSA) is 61.4 Å². The fourth-order valence-corrected chi connectivity index (χ4v) is 5.24. The maximum absolute atomic E-state index is 12.7. The zero-order chi connectivity index (χ0) is 20.4. The Morgan fingerprint density at radius 2 is 1.90 bits per heavy atom. The minimum absolute atomic E-state index is 0.0145. The zero-order valence-corrected chi connectivity index (χ0v) is 17.7. The van der Waals surface area contributed by atoms with Gasteiger partial charge in [-0.1, -0.05) is 17.8 Å².